The number of hydrogen-bond acceptors (Lipinski definition) is 7. The number of morpholine rings is 1. The number of aromatic nitrogens is 5. The van der Waals surface area contributed by atoms with Crippen LogP contribution in [0.2, 0.25) is 0 Å². The van der Waals surface area contributed by atoms with Crippen molar-refractivity contribution in [2.75, 3.05) is 19.6 Å². The highest BCUT2D eigenvalue weighted by atomic mass is 16.5. The van der Waals surface area contributed by atoms with E-state index in [1.165, 1.54) is 0 Å². The SMILES string of the molecule is C[C@@H]1CN(C[C@H](O)Cn2nnnc2-c2ccccn2)C[C@@H](C)O1. The molecule has 0 aliphatic carbocycles. The molecule has 1 N–H and O–H groups in total. The number of rotatable bonds is 5. The molecule has 3 rings (SSSR count). The summed E-state index contributed by atoms with van der Waals surface area (Å²) in [5.74, 6) is 0.563. The van der Waals surface area contributed by atoms with E-state index in [-0.39, 0.29) is 12.2 Å². The number of nitrogens with zero attached hydrogens (tertiary/aromatic N) is 6. The van der Waals surface area contributed by atoms with Crippen LogP contribution in [-0.4, -0.2) is 73.1 Å². The topological polar surface area (TPSA) is 89.2 Å². The second-order valence-corrected chi connectivity index (χ2v) is 6.03. The van der Waals surface area contributed by atoms with E-state index >= 15 is 0 Å². The van der Waals surface area contributed by atoms with Gasteiger partial charge in [0.25, 0.3) is 0 Å². The minimum absolute atomic E-state index is 0.183. The maximum Gasteiger partial charge on any atom is 0.200 e. The molecule has 1 saturated heterocycles. The van der Waals surface area contributed by atoms with Crippen molar-refractivity contribution in [2.45, 2.75) is 38.7 Å². The summed E-state index contributed by atoms with van der Waals surface area (Å²) in [6.07, 6.45) is 1.51. The standard InChI is InChI=1S/C15H22N6O2/c1-11-7-20(8-12(2)23-11)9-13(22)10-21-15(17-18-19-21)14-5-3-4-6-16-14/h3-6,11-13,22H,7-10H2,1-2H3/t11-,12-,13+/m1/s1. The van der Waals surface area contributed by atoms with Crippen LogP contribution in [0.25, 0.3) is 11.5 Å². The molecule has 3 atom stereocenters. The Kier molecular flexibility index (Phi) is 4.94. The van der Waals surface area contributed by atoms with E-state index in [9.17, 15) is 5.11 Å². The second-order valence-electron chi connectivity index (χ2n) is 6.03. The van der Waals surface area contributed by atoms with Gasteiger partial charge in [-0.2, -0.15) is 0 Å². The maximum atomic E-state index is 10.4. The van der Waals surface area contributed by atoms with Crippen LogP contribution in [0.4, 0.5) is 0 Å². The molecule has 0 bridgehead atoms. The summed E-state index contributed by atoms with van der Waals surface area (Å²) >= 11 is 0. The summed E-state index contributed by atoms with van der Waals surface area (Å²) in [5, 5.41) is 22.1. The van der Waals surface area contributed by atoms with Gasteiger partial charge in [-0.05, 0) is 36.4 Å². The molecule has 1 aliphatic rings. The van der Waals surface area contributed by atoms with Crippen LogP contribution >= 0.6 is 0 Å². The summed E-state index contributed by atoms with van der Waals surface area (Å²) in [7, 11) is 0. The number of β-amino-alcohol motifs (C(OH)–C–C–N with tert-alkyl or cyclic N) is 1. The molecule has 0 aromatic carbocycles. The van der Waals surface area contributed by atoms with Gasteiger partial charge < -0.3 is 9.84 Å². The minimum atomic E-state index is -0.557. The van der Waals surface area contributed by atoms with Gasteiger partial charge in [-0.25, -0.2) is 4.68 Å². The molecule has 1 fully saturated rings. The summed E-state index contributed by atoms with van der Waals surface area (Å²) in [4.78, 5) is 6.47. The van der Waals surface area contributed by atoms with E-state index in [0.717, 1.165) is 13.1 Å². The third-order valence-corrected chi connectivity index (χ3v) is 3.77. The molecule has 23 heavy (non-hydrogen) atoms. The highest BCUT2D eigenvalue weighted by Crippen LogP contribution is 2.14. The molecule has 1 aliphatic heterocycles. The fourth-order valence-electron chi connectivity index (χ4n) is 2.99. The van der Waals surface area contributed by atoms with E-state index in [0.29, 0.717) is 24.6 Å². The van der Waals surface area contributed by atoms with Crippen molar-refractivity contribution in [1.82, 2.24) is 30.1 Å². The Bertz CT molecular complexity index is 609. The summed E-state index contributed by atoms with van der Waals surface area (Å²) in [5.41, 5.74) is 0.693. The lowest BCUT2D eigenvalue weighted by Crippen LogP contribution is -2.48. The van der Waals surface area contributed by atoms with Crippen molar-refractivity contribution in [3.8, 4) is 11.5 Å². The lowest BCUT2D eigenvalue weighted by atomic mass is 10.2. The number of aliphatic hydroxyl groups is 1. The first-order chi connectivity index (χ1) is 11.1. The normalized spacial score (nSPS) is 23.8. The van der Waals surface area contributed by atoms with Crippen LogP contribution in [0.3, 0.4) is 0 Å². The van der Waals surface area contributed by atoms with Gasteiger partial charge in [0.15, 0.2) is 0 Å². The number of pyridine rings is 1. The molecule has 124 valence electrons. The number of ether oxygens (including phenoxy) is 1. The second kappa shape index (κ2) is 7.12. The van der Waals surface area contributed by atoms with Crippen LogP contribution in [0, 0.1) is 0 Å². The third kappa shape index (κ3) is 4.10. The van der Waals surface area contributed by atoms with Gasteiger partial charge in [0.2, 0.25) is 5.82 Å². The molecular weight excluding hydrogens is 296 g/mol. The lowest BCUT2D eigenvalue weighted by molar-refractivity contribution is -0.0774. The van der Waals surface area contributed by atoms with Crippen LogP contribution in [0.15, 0.2) is 24.4 Å². The maximum absolute atomic E-state index is 10.4. The Labute approximate surface area is 135 Å². The molecule has 3 heterocycles. The Morgan fingerprint density at radius 2 is 2.04 bits per heavy atom. The Hall–Kier alpha value is -1.90. The predicted molar refractivity (Wildman–Crippen MR) is 83.5 cm³/mol. The lowest BCUT2D eigenvalue weighted by Gasteiger charge is -2.36. The van der Waals surface area contributed by atoms with Gasteiger partial charge in [0, 0.05) is 25.8 Å². The van der Waals surface area contributed by atoms with E-state index < -0.39 is 6.10 Å². The molecule has 0 saturated carbocycles. The Morgan fingerprint density at radius 3 is 2.74 bits per heavy atom. The predicted octanol–water partition coefficient (Wildman–Crippen LogP) is 0.205. The van der Waals surface area contributed by atoms with E-state index in [4.69, 9.17) is 4.74 Å². The van der Waals surface area contributed by atoms with Crippen molar-refractivity contribution in [2.24, 2.45) is 0 Å². The van der Waals surface area contributed by atoms with Crippen LogP contribution in [-0.2, 0) is 11.3 Å². The molecule has 0 radical (unpaired) electrons. The van der Waals surface area contributed by atoms with Gasteiger partial charge in [0.05, 0.1) is 24.9 Å². The van der Waals surface area contributed by atoms with Crippen LogP contribution < -0.4 is 0 Å². The smallest absolute Gasteiger partial charge is 0.200 e. The van der Waals surface area contributed by atoms with Gasteiger partial charge in [0.1, 0.15) is 5.69 Å². The zero-order valence-corrected chi connectivity index (χ0v) is 13.4. The van der Waals surface area contributed by atoms with Gasteiger partial charge >= 0.3 is 0 Å². The van der Waals surface area contributed by atoms with Crippen LogP contribution in [0.5, 0.6) is 0 Å². The van der Waals surface area contributed by atoms with Crippen molar-refractivity contribution in [3.05, 3.63) is 24.4 Å². The van der Waals surface area contributed by atoms with E-state index in [1.54, 1.807) is 10.9 Å². The summed E-state index contributed by atoms with van der Waals surface area (Å²) in [6, 6.07) is 5.57. The molecular formula is C15H22N6O2. The molecule has 0 amide bonds. The van der Waals surface area contributed by atoms with E-state index in [2.05, 4.69) is 39.3 Å². The average molecular weight is 318 g/mol. The highest BCUT2D eigenvalue weighted by Gasteiger charge is 2.24. The first-order valence-corrected chi connectivity index (χ1v) is 7.85. The van der Waals surface area contributed by atoms with Crippen molar-refractivity contribution in [1.29, 1.82) is 0 Å². The first-order valence-electron chi connectivity index (χ1n) is 7.85. The van der Waals surface area contributed by atoms with Crippen molar-refractivity contribution < 1.29 is 9.84 Å². The molecule has 8 nitrogen and oxygen atoms in total. The fourth-order valence-corrected chi connectivity index (χ4v) is 2.99. The average Bonchev–Trinajstić information content (AvgIpc) is 2.95. The van der Waals surface area contributed by atoms with Gasteiger partial charge in [-0.15, -0.1) is 5.10 Å². The Morgan fingerprint density at radius 1 is 1.26 bits per heavy atom. The van der Waals surface area contributed by atoms with E-state index in [1.807, 2.05) is 18.2 Å². The molecule has 0 spiro atoms. The molecule has 0 unspecified atom stereocenters. The fraction of sp³-hybridized carbons (Fsp3) is 0.600. The summed E-state index contributed by atoms with van der Waals surface area (Å²) < 4.78 is 7.31. The largest absolute Gasteiger partial charge is 0.390 e. The van der Waals surface area contributed by atoms with Crippen molar-refractivity contribution in [3.63, 3.8) is 0 Å². The van der Waals surface area contributed by atoms with Gasteiger partial charge in [-0.3, -0.25) is 9.88 Å². The highest BCUT2D eigenvalue weighted by molar-refractivity contribution is 5.47. The third-order valence-electron chi connectivity index (χ3n) is 3.77. The zero-order chi connectivity index (χ0) is 16.2. The zero-order valence-electron chi connectivity index (χ0n) is 13.4. The number of hydrogen-bond donors (Lipinski definition) is 1. The number of aliphatic hydroxyl groups excluding tert-OH is 1. The molecule has 2 aromatic heterocycles. The summed E-state index contributed by atoms with van der Waals surface area (Å²) in [6.45, 7) is 6.65. The number of tetrazole rings is 1. The Balaban J connectivity index is 1.63. The quantitative estimate of drug-likeness (QED) is 0.842. The molecule has 2 aromatic rings. The van der Waals surface area contributed by atoms with Crippen molar-refractivity contribution >= 4 is 0 Å². The minimum Gasteiger partial charge on any atom is -0.390 e. The monoisotopic (exact) mass is 318 g/mol. The van der Waals surface area contributed by atoms with Gasteiger partial charge in [-0.1, -0.05) is 6.07 Å². The van der Waals surface area contributed by atoms with Crippen LogP contribution in [0.1, 0.15) is 13.8 Å². The molecule has 8 heteroatoms. The first kappa shape index (κ1) is 16.0.